The van der Waals surface area contributed by atoms with E-state index in [0.717, 1.165) is 25.7 Å². The zero-order valence-electron chi connectivity index (χ0n) is 14.8. The van der Waals surface area contributed by atoms with E-state index >= 15 is 0 Å². The molecule has 0 spiro atoms. The highest BCUT2D eigenvalue weighted by Crippen LogP contribution is 2.27. The highest BCUT2D eigenvalue weighted by molar-refractivity contribution is 7.90. The Morgan fingerprint density at radius 1 is 1.19 bits per heavy atom. The highest BCUT2D eigenvalue weighted by Gasteiger charge is 2.31. The van der Waals surface area contributed by atoms with E-state index in [1.165, 1.54) is 18.2 Å². The minimum Gasteiger partial charge on any atom is -0.406 e. The van der Waals surface area contributed by atoms with Gasteiger partial charge in [-0.25, -0.2) is 13.1 Å². The molecule has 0 unspecified atom stereocenters. The monoisotopic (exact) mass is 394 g/mol. The minimum absolute atomic E-state index is 0.0397. The van der Waals surface area contributed by atoms with Crippen LogP contribution >= 0.6 is 0 Å². The van der Waals surface area contributed by atoms with Crippen LogP contribution in [0.1, 0.15) is 39.5 Å². The Labute approximate surface area is 152 Å². The summed E-state index contributed by atoms with van der Waals surface area (Å²) < 4.78 is 67.3. The van der Waals surface area contributed by atoms with Crippen LogP contribution in [0.3, 0.4) is 0 Å². The van der Waals surface area contributed by atoms with Crippen molar-refractivity contribution in [2.24, 2.45) is 5.92 Å². The molecule has 0 heterocycles. The highest BCUT2D eigenvalue weighted by atomic mass is 32.2. The van der Waals surface area contributed by atoms with Gasteiger partial charge in [-0.15, -0.1) is 13.2 Å². The molecule has 0 atom stereocenters. The summed E-state index contributed by atoms with van der Waals surface area (Å²) in [6.45, 7) is 3.92. The summed E-state index contributed by atoms with van der Waals surface area (Å²) in [6, 6.07) is 5.72. The average molecular weight is 394 g/mol. The summed E-state index contributed by atoms with van der Waals surface area (Å²) >= 11 is 0. The predicted octanol–water partition coefficient (Wildman–Crippen LogP) is 3.88. The molecule has 0 aliphatic heterocycles. The number of rotatable bonds is 7. The first-order valence-electron chi connectivity index (χ1n) is 8.66. The second-order valence-electron chi connectivity index (χ2n) is 6.89. The van der Waals surface area contributed by atoms with E-state index < -0.39 is 21.6 Å². The maximum absolute atomic E-state index is 12.3. The first-order valence-corrected chi connectivity index (χ1v) is 10.2. The fraction of sp³-hybridized carbons (Fsp3) is 0.647. The van der Waals surface area contributed by atoms with Crippen molar-refractivity contribution in [1.29, 1.82) is 0 Å². The molecule has 2 rings (SSSR count). The van der Waals surface area contributed by atoms with Crippen molar-refractivity contribution in [2.45, 2.75) is 57.2 Å². The summed E-state index contributed by atoms with van der Waals surface area (Å²) in [5, 5.41) is 2.68. The Morgan fingerprint density at radius 3 is 2.42 bits per heavy atom. The van der Waals surface area contributed by atoms with Crippen LogP contribution < -0.4 is 14.8 Å². The van der Waals surface area contributed by atoms with Gasteiger partial charge in [0.05, 0.1) is 5.25 Å². The summed E-state index contributed by atoms with van der Waals surface area (Å²) in [5.74, 6) is 0.0938. The Balaban J connectivity index is 1.79. The van der Waals surface area contributed by atoms with Crippen LogP contribution in [0.25, 0.3) is 0 Å². The van der Waals surface area contributed by atoms with Crippen molar-refractivity contribution in [3.8, 4) is 5.75 Å². The van der Waals surface area contributed by atoms with E-state index in [4.69, 9.17) is 0 Å². The number of sulfonamides is 1. The van der Waals surface area contributed by atoms with Crippen LogP contribution in [0, 0.1) is 5.92 Å². The lowest BCUT2D eigenvalue weighted by Crippen LogP contribution is -2.41. The normalized spacial score (nSPS) is 21.6. The average Bonchev–Trinajstić information content (AvgIpc) is 2.52. The van der Waals surface area contributed by atoms with E-state index in [0.29, 0.717) is 18.2 Å². The summed E-state index contributed by atoms with van der Waals surface area (Å²) in [4.78, 5) is 0. The molecule has 0 saturated heterocycles. The molecule has 1 aromatic rings. The maximum Gasteiger partial charge on any atom is 0.573 e. The molecule has 1 saturated carbocycles. The van der Waals surface area contributed by atoms with Gasteiger partial charge in [-0.2, -0.15) is 0 Å². The summed E-state index contributed by atoms with van der Waals surface area (Å²) in [6.07, 6.45) is -1.47. The molecule has 148 valence electrons. The van der Waals surface area contributed by atoms with Crippen molar-refractivity contribution in [3.63, 3.8) is 0 Å². The molecule has 0 radical (unpaired) electrons. The van der Waals surface area contributed by atoms with Crippen LogP contribution in [-0.2, 0) is 10.0 Å². The molecule has 1 aromatic carbocycles. The Bertz CT molecular complexity index is 685. The molecular weight excluding hydrogens is 369 g/mol. The number of benzene rings is 1. The number of anilines is 1. The van der Waals surface area contributed by atoms with Gasteiger partial charge in [-0.05, 0) is 57.6 Å². The SMILES string of the molecule is CC(C)S(=O)(=O)NC1CCC(CNc2cccc(OC(F)(F)F)c2)CC1. The van der Waals surface area contributed by atoms with E-state index in [1.54, 1.807) is 19.9 Å². The molecule has 26 heavy (non-hydrogen) atoms. The molecule has 1 aliphatic carbocycles. The van der Waals surface area contributed by atoms with Gasteiger partial charge in [0.2, 0.25) is 10.0 Å². The van der Waals surface area contributed by atoms with Gasteiger partial charge in [0, 0.05) is 24.3 Å². The number of ether oxygens (including phenoxy) is 1. The predicted molar refractivity (Wildman–Crippen MR) is 94.6 cm³/mol. The second kappa shape index (κ2) is 8.47. The summed E-state index contributed by atoms with van der Waals surface area (Å²) in [7, 11) is -3.26. The topological polar surface area (TPSA) is 67.4 Å². The van der Waals surface area contributed by atoms with E-state index in [9.17, 15) is 21.6 Å². The van der Waals surface area contributed by atoms with E-state index in [-0.39, 0.29) is 11.8 Å². The van der Waals surface area contributed by atoms with E-state index in [2.05, 4.69) is 14.8 Å². The first-order chi connectivity index (χ1) is 12.0. The van der Waals surface area contributed by atoms with Crippen LogP contribution in [0.4, 0.5) is 18.9 Å². The molecule has 1 fully saturated rings. The zero-order valence-corrected chi connectivity index (χ0v) is 15.7. The molecule has 9 heteroatoms. The van der Waals surface area contributed by atoms with Crippen LogP contribution in [0.5, 0.6) is 5.75 Å². The lowest BCUT2D eigenvalue weighted by atomic mass is 9.86. The third-order valence-electron chi connectivity index (χ3n) is 4.46. The lowest BCUT2D eigenvalue weighted by Gasteiger charge is -2.29. The van der Waals surface area contributed by atoms with Crippen LogP contribution in [-0.4, -0.2) is 32.6 Å². The molecule has 0 aromatic heterocycles. The van der Waals surface area contributed by atoms with Gasteiger partial charge in [-0.1, -0.05) is 6.07 Å². The lowest BCUT2D eigenvalue weighted by molar-refractivity contribution is -0.274. The van der Waals surface area contributed by atoms with Crippen molar-refractivity contribution < 1.29 is 26.3 Å². The Kier molecular flexibility index (Phi) is 6.79. The van der Waals surface area contributed by atoms with Gasteiger partial charge in [0.15, 0.2) is 0 Å². The van der Waals surface area contributed by atoms with Gasteiger partial charge in [-0.3, -0.25) is 0 Å². The van der Waals surface area contributed by atoms with Crippen molar-refractivity contribution in [1.82, 2.24) is 4.72 Å². The number of alkyl halides is 3. The first kappa shape index (κ1) is 20.8. The second-order valence-corrected chi connectivity index (χ2v) is 9.15. The maximum atomic E-state index is 12.3. The van der Waals surface area contributed by atoms with E-state index in [1.807, 2.05) is 0 Å². The molecule has 1 aliphatic rings. The van der Waals surface area contributed by atoms with Crippen molar-refractivity contribution in [2.75, 3.05) is 11.9 Å². The molecular formula is C17H25F3N2O3S. The van der Waals surface area contributed by atoms with Crippen molar-refractivity contribution >= 4 is 15.7 Å². The van der Waals surface area contributed by atoms with Gasteiger partial charge in [0.25, 0.3) is 0 Å². The Hall–Kier alpha value is -1.48. The molecule has 0 bridgehead atoms. The zero-order chi connectivity index (χ0) is 19.4. The quantitative estimate of drug-likeness (QED) is 0.736. The Morgan fingerprint density at radius 2 is 1.85 bits per heavy atom. The fourth-order valence-electron chi connectivity index (χ4n) is 2.92. The van der Waals surface area contributed by atoms with Crippen LogP contribution in [0.2, 0.25) is 0 Å². The smallest absolute Gasteiger partial charge is 0.406 e. The number of hydrogen-bond acceptors (Lipinski definition) is 4. The number of nitrogens with one attached hydrogen (secondary N) is 2. The largest absolute Gasteiger partial charge is 0.573 e. The number of halogens is 3. The fourth-order valence-corrected chi connectivity index (χ4v) is 3.89. The number of hydrogen-bond donors (Lipinski definition) is 2. The molecule has 5 nitrogen and oxygen atoms in total. The third-order valence-corrected chi connectivity index (χ3v) is 6.36. The third kappa shape index (κ3) is 6.68. The standard InChI is InChI=1S/C17H25F3N2O3S/c1-12(2)26(23,24)22-14-8-6-13(7-9-14)11-21-15-4-3-5-16(10-15)25-17(18,19)20/h3-5,10,12-14,21-22H,6-9,11H2,1-2H3. The summed E-state index contributed by atoms with van der Waals surface area (Å²) in [5.41, 5.74) is 0.564. The minimum atomic E-state index is -4.71. The van der Waals surface area contributed by atoms with Gasteiger partial charge in [0.1, 0.15) is 5.75 Å². The molecule has 2 N–H and O–H groups in total. The van der Waals surface area contributed by atoms with Crippen molar-refractivity contribution in [3.05, 3.63) is 24.3 Å². The van der Waals surface area contributed by atoms with Gasteiger partial charge >= 0.3 is 6.36 Å². The molecule has 0 amide bonds. The van der Waals surface area contributed by atoms with Gasteiger partial charge < -0.3 is 10.1 Å². The van der Waals surface area contributed by atoms with Crippen LogP contribution in [0.15, 0.2) is 24.3 Å².